The van der Waals surface area contributed by atoms with Gasteiger partial charge >= 0.3 is 0 Å². The first-order valence-corrected chi connectivity index (χ1v) is 6.67. The van der Waals surface area contributed by atoms with Crippen LogP contribution in [0.4, 0.5) is 0 Å². The van der Waals surface area contributed by atoms with Crippen molar-refractivity contribution in [2.75, 3.05) is 6.54 Å². The van der Waals surface area contributed by atoms with Crippen molar-refractivity contribution in [3.8, 4) is 0 Å². The Labute approximate surface area is 99.9 Å². The number of hydrogen-bond acceptors (Lipinski definition) is 4. The van der Waals surface area contributed by atoms with Crippen molar-refractivity contribution in [3.05, 3.63) is 0 Å². The monoisotopic (exact) mass is 231 g/mol. The van der Waals surface area contributed by atoms with Crippen molar-refractivity contribution in [1.29, 1.82) is 0 Å². The molecule has 1 unspecified atom stereocenters. The maximum atomic E-state index is 9.36. The minimum Gasteiger partial charge on any atom is -0.393 e. The summed E-state index contributed by atoms with van der Waals surface area (Å²) in [6, 6.07) is 0. The number of nitrogens with two attached hydrogens (primary N) is 1. The van der Waals surface area contributed by atoms with Gasteiger partial charge < -0.3 is 5.11 Å². The van der Waals surface area contributed by atoms with E-state index >= 15 is 0 Å². The summed E-state index contributed by atoms with van der Waals surface area (Å²) in [5, 5.41) is 9.36. The fourth-order valence-electron chi connectivity index (χ4n) is 1.75. The number of nitrogens with one attached hydrogen (secondary N) is 2. The highest BCUT2D eigenvalue weighted by molar-refractivity contribution is 4.53. The molecular weight excluding hydrogens is 202 g/mol. The number of rotatable bonds is 12. The van der Waals surface area contributed by atoms with Gasteiger partial charge in [0.25, 0.3) is 0 Å². The molecule has 1 atom stereocenters. The lowest BCUT2D eigenvalue weighted by molar-refractivity contribution is 0.156. The summed E-state index contributed by atoms with van der Waals surface area (Å²) in [6.45, 7) is 2.98. The van der Waals surface area contributed by atoms with Crippen LogP contribution < -0.4 is 16.8 Å². The first-order chi connectivity index (χ1) is 7.81. The molecule has 4 heteroatoms. The average Bonchev–Trinajstić information content (AvgIpc) is 2.31. The van der Waals surface area contributed by atoms with E-state index in [1.54, 1.807) is 0 Å². The molecule has 0 aliphatic carbocycles. The molecule has 98 valence electrons. The molecule has 0 aliphatic heterocycles. The fraction of sp³-hybridized carbons (Fsp3) is 1.00. The fourth-order valence-corrected chi connectivity index (χ4v) is 1.75. The highest BCUT2D eigenvalue weighted by atomic mass is 16.3. The Hall–Kier alpha value is -0.160. The molecule has 0 rings (SSSR count). The molecule has 0 spiro atoms. The Morgan fingerprint density at radius 3 is 2.12 bits per heavy atom. The van der Waals surface area contributed by atoms with Crippen molar-refractivity contribution in [2.45, 2.75) is 70.8 Å². The Morgan fingerprint density at radius 2 is 1.56 bits per heavy atom. The molecule has 0 aromatic rings. The van der Waals surface area contributed by atoms with E-state index in [2.05, 4.69) is 11.0 Å². The molecule has 0 saturated carbocycles. The van der Waals surface area contributed by atoms with Crippen LogP contribution in [0.3, 0.4) is 0 Å². The number of hydrogen-bond donors (Lipinski definition) is 4. The summed E-state index contributed by atoms with van der Waals surface area (Å²) < 4.78 is 0. The van der Waals surface area contributed by atoms with E-state index in [9.17, 15) is 5.11 Å². The van der Waals surface area contributed by atoms with E-state index < -0.39 is 0 Å². The molecular formula is C12H29N3O. The zero-order valence-electron chi connectivity index (χ0n) is 10.7. The van der Waals surface area contributed by atoms with Crippen LogP contribution in [0.2, 0.25) is 0 Å². The van der Waals surface area contributed by atoms with Gasteiger partial charge in [0.15, 0.2) is 0 Å². The van der Waals surface area contributed by atoms with Gasteiger partial charge in [-0.15, -0.1) is 0 Å². The van der Waals surface area contributed by atoms with E-state index in [0.29, 0.717) is 0 Å². The van der Waals surface area contributed by atoms with Crippen LogP contribution in [0.15, 0.2) is 0 Å². The lowest BCUT2D eigenvalue weighted by Crippen LogP contribution is -2.38. The second-order valence-electron chi connectivity index (χ2n) is 4.40. The lowest BCUT2D eigenvalue weighted by Gasteiger charge is -2.06. The topological polar surface area (TPSA) is 70.3 Å². The summed E-state index contributed by atoms with van der Waals surface area (Å²) in [6.07, 6.45) is 10.6. The maximum absolute atomic E-state index is 9.36. The summed E-state index contributed by atoms with van der Waals surface area (Å²) in [4.78, 5) is 0. The van der Waals surface area contributed by atoms with E-state index in [-0.39, 0.29) is 6.10 Å². The second kappa shape index (κ2) is 12.9. The predicted molar refractivity (Wildman–Crippen MR) is 68.6 cm³/mol. The molecule has 0 bridgehead atoms. The number of aliphatic hydroxyl groups is 1. The highest BCUT2D eigenvalue weighted by Crippen LogP contribution is 2.10. The van der Waals surface area contributed by atoms with Gasteiger partial charge in [0, 0.05) is 6.54 Å². The van der Waals surface area contributed by atoms with Gasteiger partial charge in [-0.3, -0.25) is 5.84 Å². The average molecular weight is 231 g/mol. The first kappa shape index (κ1) is 15.8. The minimum absolute atomic E-state index is 0.0742. The van der Waals surface area contributed by atoms with Gasteiger partial charge in [-0.1, -0.05) is 45.4 Å². The Kier molecular flexibility index (Phi) is 12.8. The number of aliphatic hydroxyl groups excluding tert-OH is 1. The third-order valence-corrected chi connectivity index (χ3v) is 2.91. The third kappa shape index (κ3) is 11.9. The van der Waals surface area contributed by atoms with E-state index in [4.69, 9.17) is 5.84 Å². The molecule has 5 N–H and O–H groups in total. The standard InChI is InChI=1S/C12H29N3O/c1-2-12(16)10-8-6-4-3-5-7-9-11-14-15-13/h12,14-16H,2-11,13H2,1H3. The van der Waals surface area contributed by atoms with Gasteiger partial charge in [0.2, 0.25) is 0 Å². The lowest BCUT2D eigenvalue weighted by atomic mass is 10.1. The molecule has 0 radical (unpaired) electrons. The Bertz CT molecular complexity index is 133. The normalized spacial score (nSPS) is 12.9. The zero-order chi connectivity index (χ0) is 12.1. The minimum atomic E-state index is -0.0742. The molecule has 0 saturated heterocycles. The van der Waals surface area contributed by atoms with Gasteiger partial charge in [-0.05, 0) is 19.3 Å². The van der Waals surface area contributed by atoms with Crippen molar-refractivity contribution in [1.82, 2.24) is 11.0 Å². The summed E-state index contributed by atoms with van der Waals surface area (Å²) in [5.41, 5.74) is 5.31. The van der Waals surface area contributed by atoms with E-state index in [0.717, 1.165) is 19.4 Å². The zero-order valence-corrected chi connectivity index (χ0v) is 10.7. The largest absolute Gasteiger partial charge is 0.393 e. The smallest absolute Gasteiger partial charge is 0.0537 e. The predicted octanol–water partition coefficient (Wildman–Crippen LogP) is 1.85. The molecule has 0 heterocycles. The van der Waals surface area contributed by atoms with Crippen LogP contribution >= 0.6 is 0 Å². The van der Waals surface area contributed by atoms with Gasteiger partial charge in [0.1, 0.15) is 0 Å². The van der Waals surface area contributed by atoms with Crippen molar-refractivity contribution < 1.29 is 5.11 Å². The second-order valence-corrected chi connectivity index (χ2v) is 4.40. The first-order valence-electron chi connectivity index (χ1n) is 6.67. The number of hydrazine groups is 2. The van der Waals surface area contributed by atoms with Crippen LogP contribution in [-0.4, -0.2) is 17.8 Å². The van der Waals surface area contributed by atoms with E-state index in [1.807, 2.05) is 6.92 Å². The van der Waals surface area contributed by atoms with Gasteiger partial charge in [0.05, 0.1) is 6.10 Å². The Balaban J connectivity index is 2.93. The SMILES string of the molecule is CCC(O)CCCCCCCCCNNN. The van der Waals surface area contributed by atoms with Crippen molar-refractivity contribution in [2.24, 2.45) is 5.84 Å². The maximum Gasteiger partial charge on any atom is 0.0537 e. The number of unbranched alkanes of at least 4 members (excludes halogenated alkanes) is 6. The van der Waals surface area contributed by atoms with Crippen molar-refractivity contribution in [3.63, 3.8) is 0 Å². The molecule has 16 heavy (non-hydrogen) atoms. The van der Waals surface area contributed by atoms with Crippen LogP contribution in [0.1, 0.15) is 64.7 Å². The van der Waals surface area contributed by atoms with Crippen LogP contribution in [-0.2, 0) is 0 Å². The molecule has 0 amide bonds. The molecule has 0 fully saturated rings. The quantitative estimate of drug-likeness (QED) is 0.235. The third-order valence-electron chi connectivity index (χ3n) is 2.91. The van der Waals surface area contributed by atoms with Gasteiger partial charge in [-0.25, -0.2) is 5.43 Å². The van der Waals surface area contributed by atoms with E-state index in [1.165, 1.54) is 44.9 Å². The Morgan fingerprint density at radius 1 is 1.00 bits per heavy atom. The molecule has 4 nitrogen and oxygen atoms in total. The molecule has 0 aromatic heterocycles. The van der Waals surface area contributed by atoms with Crippen LogP contribution in [0.25, 0.3) is 0 Å². The molecule has 0 aliphatic rings. The molecule has 0 aromatic carbocycles. The van der Waals surface area contributed by atoms with Crippen molar-refractivity contribution >= 4 is 0 Å². The summed E-state index contributed by atoms with van der Waals surface area (Å²) in [7, 11) is 0. The summed E-state index contributed by atoms with van der Waals surface area (Å²) in [5.74, 6) is 5.08. The highest BCUT2D eigenvalue weighted by Gasteiger charge is 1.99. The van der Waals surface area contributed by atoms with Crippen LogP contribution in [0.5, 0.6) is 0 Å². The summed E-state index contributed by atoms with van der Waals surface area (Å²) >= 11 is 0. The van der Waals surface area contributed by atoms with Crippen LogP contribution in [0, 0.1) is 0 Å². The van der Waals surface area contributed by atoms with Gasteiger partial charge in [-0.2, -0.15) is 5.53 Å².